The van der Waals surface area contributed by atoms with Crippen molar-refractivity contribution in [2.75, 3.05) is 14.2 Å². The van der Waals surface area contributed by atoms with E-state index in [0.717, 1.165) is 12.7 Å². The summed E-state index contributed by atoms with van der Waals surface area (Å²) in [5.41, 5.74) is 1.02. The zero-order chi connectivity index (χ0) is 15.4. The molecule has 4 nitrogen and oxygen atoms in total. The van der Waals surface area contributed by atoms with Crippen LogP contribution in [0.25, 0.3) is 0 Å². The fraction of sp³-hybridized carbons (Fsp3) is 0.188. The molecule has 0 heterocycles. The molecule has 0 aliphatic heterocycles. The van der Waals surface area contributed by atoms with Gasteiger partial charge in [-0.3, -0.25) is 0 Å². The third-order valence-corrected chi connectivity index (χ3v) is 5.94. The van der Waals surface area contributed by atoms with Gasteiger partial charge < -0.3 is 0 Å². The molecule has 5 heteroatoms. The number of aromatic carboxylic acids is 1. The molecule has 21 heavy (non-hydrogen) atoms. The second kappa shape index (κ2) is 6.80. The summed E-state index contributed by atoms with van der Waals surface area (Å²) >= 11 is -0.691. The maximum atomic E-state index is 11.3. The third-order valence-electron chi connectivity index (χ3n) is 2.99. The third kappa shape index (κ3) is 3.47. The van der Waals surface area contributed by atoms with E-state index in [1.54, 1.807) is 27.2 Å². The molecule has 0 spiro atoms. The molecule has 0 atom stereocenters. The average Bonchev–Trinajstić information content (AvgIpc) is 2.47. The Balaban J connectivity index is 2.43. The molecule has 2 aromatic rings. The second-order valence-corrected chi connectivity index (χ2v) is 7.18. The maximum absolute atomic E-state index is 11.3. The quantitative estimate of drug-likeness (QED) is 0.576. The Hall–Kier alpha value is -1.76. The first-order valence-corrected chi connectivity index (χ1v) is 8.40. The monoisotopic (exact) mass is 398 g/mol. The summed E-state index contributed by atoms with van der Waals surface area (Å²) in [4.78, 5) is 11.3. The number of benzene rings is 2. The van der Waals surface area contributed by atoms with Crippen molar-refractivity contribution >= 4 is 5.97 Å². The molecule has 0 aliphatic carbocycles. The summed E-state index contributed by atoms with van der Waals surface area (Å²) in [5, 5.41) is 11.3. The van der Waals surface area contributed by atoms with Gasteiger partial charge >= 0.3 is 134 Å². The molecule has 0 unspecified atom stereocenters. The fourth-order valence-electron chi connectivity index (χ4n) is 1.92. The number of halogens is 1. The minimum absolute atomic E-state index is 0.295. The summed E-state index contributed by atoms with van der Waals surface area (Å²) in [7, 11) is 3.19. The molecule has 0 amide bonds. The van der Waals surface area contributed by atoms with E-state index in [2.05, 4.69) is 0 Å². The summed E-state index contributed by atoms with van der Waals surface area (Å²) < 4.78 is 12.4. The van der Waals surface area contributed by atoms with Crippen molar-refractivity contribution in [2.24, 2.45) is 0 Å². The summed E-state index contributed by atoms with van der Waals surface area (Å²) in [5.74, 6) is 0.298. The molecule has 0 saturated carbocycles. The van der Waals surface area contributed by atoms with Crippen molar-refractivity contribution in [3.05, 3.63) is 54.7 Å². The summed E-state index contributed by atoms with van der Waals surface area (Å²) in [6, 6.07) is 11.1. The number of rotatable bonds is 5. The molecule has 0 aromatic heterocycles. The second-order valence-electron chi connectivity index (χ2n) is 4.31. The zero-order valence-corrected chi connectivity index (χ0v) is 14.1. The van der Waals surface area contributed by atoms with Gasteiger partial charge in [0.2, 0.25) is 0 Å². The van der Waals surface area contributed by atoms with Gasteiger partial charge in [0.25, 0.3) is 0 Å². The van der Waals surface area contributed by atoms with Gasteiger partial charge in [-0.25, -0.2) is 0 Å². The van der Waals surface area contributed by atoms with Crippen LogP contribution in [0.2, 0.25) is 0 Å². The van der Waals surface area contributed by atoms with Crippen molar-refractivity contribution in [3.63, 3.8) is 0 Å². The molecule has 0 N–H and O–H groups in total. The van der Waals surface area contributed by atoms with Crippen LogP contribution in [-0.2, 0) is 0 Å². The normalized spacial score (nSPS) is 10.4. The van der Waals surface area contributed by atoms with Gasteiger partial charge in [0, 0.05) is 0 Å². The van der Waals surface area contributed by atoms with Gasteiger partial charge in [0.05, 0.1) is 0 Å². The number of ether oxygens (including phenoxy) is 2. The van der Waals surface area contributed by atoms with Gasteiger partial charge in [-0.1, -0.05) is 0 Å². The Morgan fingerprint density at radius 3 is 2.48 bits per heavy atom. The van der Waals surface area contributed by atoms with Gasteiger partial charge in [-0.15, -0.1) is 0 Å². The van der Waals surface area contributed by atoms with Crippen molar-refractivity contribution in [2.45, 2.75) is 6.92 Å². The number of carbonyl (C=O) groups is 1. The minimum atomic E-state index is -1.13. The van der Waals surface area contributed by atoms with Gasteiger partial charge in [-0.05, 0) is 0 Å². The van der Waals surface area contributed by atoms with Crippen LogP contribution in [0.4, 0.5) is 0 Å². The van der Waals surface area contributed by atoms with Crippen molar-refractivity contribution in [1.29, 1.82) is 0 Å². The first-order chi connectivity index (χ1) is 10.1. The predicted molar refractivity (Wildman–Crippen MR) is 72.4 cm³/mol. The van der Waals surface area contributed by atoms with E-state index in [1.165, 1.54) is 0 Å². The molecule has 112 valence electrons. The number of carbonyl (C=O) groups excluding carboxylic acids is 1. The summed E-state index contributed by atoms with van der Waals surface area (Å²) in [6.45, 7) is 1.78. The number of hydrogen-bond acceptors (Lipinski definition) is 4. The number of aryl methyl sites for hydroxylation is 1. The van der Waals surface area contributed by atoms with Crippen molar-refractivity contribution in [1.82, 2.24) is 0 Å². The Morgan fingerprint density at radius 2 is 1.86 bits per heavy atom. The van der Waals surface area contributed by atoms with E-state index < -0.39 is 27.2 Å². The molecule has 0 saturated heterocycles. The Bertz CT molecular complexity index is 667. The average molecular weight is 398 g/mol. The molecule has 2 rings (SSSR count). The molecule has 0 aliphatic rings. The van der Waals surface area contributed by atoms with Gasteiger partial charge in [-0.2, -0.15) is 0 Å². The van der Waals surface area contributed by atoms with Crippen LogP contribution < -0.4 is 35.8 Å². The Kier molecular flexibility index (Phi) is 5.06. The van der Waals surface area contributed by atoms with E-state index in [-0.39, 0.29) is 0 Å². The van der Waals surface area contributed by atoms with E-state index in [4.69, 9.17) is 9.47 Å². The first kappa shape index (κ1) is 15.6. The van der Waals surface area contributed by atoms with Crippen LogP contribution in [0.3, 0.4) is 0 Å². The SMILES string of the molecule is COc1ccc([I-]c2cccc(C)c2C(=O)[O-])c(OC)c1. The van der Waals surface area contributed by atoms with Crippen LogP contribution in [-0.4, -0.2) is 20.2 Å². The van der Waals surface area contributed by atoms with Crippen molar-refractivity contribution < 1.29 is 40.6 Å². The van der Waals surface area contributed by atoms with E-state index >= 15 is 0 Å². The number of methoxy groups -OCH3 is 2. The van der Waals surface area contributed by atoms with E-state index in [0.29, 0.717) is 17.1 Å². The first-order valence-electron chi connectivity index (χ1n) is 6.24. The predicted octanol–water partition coefficient (Wildman–Crippen LogP) is -1.50. The number of hydrogen-bond donors (Lipinski definition) is 0. The van der Waals surface area contributed by atoms with Crippen LogP contribution in [0.1, 0.15) is 15.9 Å². The van der Waals surface area contributed by atoms with Crippen LogP contribution >= 0.6 is 0 Å². The van der Waals surface area contributed by atoms with Crippen LogP contribution in [0, 0.1) is 14.1 Å². The number of carboxylic acid groups (broad SMARTS) is 1. The Labute approximate surface area is 134 Å². The molecular formula is C16H15IO4-2. The standard InChI is InChI=1S/C16H16IO4/c1-10-5-4-6-13(15(10)16(18)19)17-12-8-7-11(20-2)9-14(12)21-3/h4-9H,1-3H3,(H,18,19)/q-1/p-1. The molecule has 2 aromatic carbocycles. The van der Waals surface area contributed by atoms with Gasteiger partial charge in [0.15, 0.2) is 0 Å². The topological polar surface area (TPSA) is 58.6 Å². The fourth-order valence-corrected chi connectivity index (χ4v) is 4.85. The van der Waals surface area contributed by atoms with Gasteiger partial charge in [0.1, 0.15) is 0 Å². The van der Waals surface area contributed by atoms with E-state index in [9.17, 15) is 9.90 Å². The van der Waals surface area contributed by atoms with Crippen LogP contribution in [0.15, 0.2) is 36.4 Å². The molecule has 0 radical (unpaired) electrons. The summed E-state index contributed by atoms with van der Waals surface area (Å²) in [6.07, 6.45) is 0. The Morgan fingerprint density at radius 1 is 1.10 bits per heavy atom. The van der Waals surface area contributed by atoms with Crippen molar-refractivity contribution in [3.8, 4) is 11.5 Å². The zero-order valence-electron chi connectivity index (χ0n) is 12.0. The molecular weight excluding hydrogens is 383 g/mol. The molecule has 0 bridgehead atoms. The number of carboxylic acids is 1. The van der Waals surface area contributed by atoms with E-state index in [1.807, 2.05) is 30.3 Å². The molecule has 0 fully saturated rings. The van der Waals surface area contributed by atoms with Crippen LogP contribution in [0.5, 0.6) is 11.5 Å².